The number of carbonyl (C=O) groups excluding carboxylic acids is 2. The van der Waals surface area contributed by atoms with Crippen LogP contribution in [0.2, 0.25) is 0 Å². The van der Waals surface area contributed by atoms with Gasteiger partial charge in [0, 0.05) is 18.2 Å². The molecule has 1 aliphatic carbocycles. The highest BCUT2D eigenvalue weighted by Gasteiger charge is 2.25. The molecule has 0 aromatic heterocycles. The Labute approximate surface area is 147 Å². The summed E-state index contributed by atoms with van der Waals surface area (Å²) in [5.41, 5.74) is 2.15. The SMILES string of the molecule is O=C(Nc1cccc(CNC(=O)C(O)c2ccccc2)c1)C1CCC1. The number of benzene rings is 2. The minimum Gasteiger partial charge on any atom is -0.378 e. The monoisotopic (exact) mass is 338 g/mol. The Morgan fingerprint density at radius 3 is 2.52 bits per heavy atom. The van der Waals surface area contributed by atoms with E-state index >= 15 is 0 Å². The summed E-state index contributed by atoms with van der Waals surface area (Å²) >= 11 is 0. The smallest absolute Gasteiger partial charge is 0.253 e. The van der Waals surface area contributed by atoms with E-state index in [-0.39, 0.29) is 18.4 Å². The van der Waals surface area contributed by atoms with E-state index in [4.69, 9.17) is 0 Å². The Hall–Kier alpha value is -2.66. The third kappa shape index (κ3) is 4.45. The Morgan fingerprint density at radius 1 is 1.08 bits per heavy atom. The second-order valence-corrected chi connectivity index (χ2v) is 6.35. The van der Waals surface area contributed by atoms with Crippen LogP contribution in [0.5, 0.6) is 0 Å². The minimum absolute atomic E-state index is 0.0620. The molecule has 1 saturated carbocycles. The fourth-order valence-corrected chi connectivity index (χ4v) is 2.75. The maximum atomic E-state index is 12.1. The van der Waals surface area contributed by atoms with Gasteiger partial charge >= 0.3 is 0 Å². The third-order valence-corrected chi connectivity index (χ3v) is 4.50. The van der Waals surface area contributed by atoms with Crippen molar-refractivity contribution in [3.05, 3.63) is 65.7 Å². The van der Waals surface area contributed by atoms with Crippen molar-refractivity contribution < 1.29 is 14.7 Å². The van der Waals surface area contributed by atoms with Crippen molar-refractivity contribution in [3.8, 4) is 0 Å². The van der Waals surface area contributed by atoms with Crippen LogP contribution < -0.4 is 10.6 Å². The highest BCUT2D eigenvalue weighted by Crippen LogP contribution is 2.27. The number of hydrogen-bond donors (Lipinski definition) is 3. The van der Waals surface area contributed by atoms with Crippen LogP contribution >= 0.6 is 0 Å². The van der Waals surface area contributed by atoms with E-state index in [1.807, 2.05) is 30.3 Å². The highest BCUT2D eigenvalue weighted by atomic mass is 16.3. The summed E-state index contributed by atoms with van der Waals surface area (Å²) < 4.78 is 0. The molecule has 3 N–H and O–H groups in total. The van der Waals surface area contributed by atoms with Crippen molar-refractivity contribution in [2.75, 3.05) is 5.32 Å². The van der Waals surface area contributed by atoms with E-state index in [0.29, 0.717) is 5.56 Å². The van der Waals surface area contributed by atoms with Gasteiger partial charge in [0.1, 0.15) is 0 Å². The lowest BCUT2D eigenvalue weighted by Crippen LogP contribution is -2.29. The summed E-state index contributed by atoms with van der Waals surface area (Å²) in [4.78, 5) is 24.1. The maximum absolute atomic E-state index is 12.1. The van der Waals surface area contributed by atoms with Crippen molar-refractivity contribution in [2.45, 2.75) is 31.9 Å². The fourth-order valence-electron chi connectivity index (χ4n) is 2.75. The Morgan fingerprint density at radius 2 is 1.84 bits per heavy atom. The number of hydrogen-bond acceptors (Lipinski definition) is 3. The summed E-state index contributed by atoms with van der Waals surface area (Å²) in [6.45, 7) is 0.288. The summed E-state index contributed by atoms with van der Waals surface area (Å²) in [6.07, 6.45) is 1.84. The van der Waals surface area contributed by atoms with Gasteiger partial charge in [-0.3, -0.25) is 9.59 Å². The first-order valence-corrected chi connectivity index (χ1v) is 8.54. The van der Waals surface area contributed by atoms with Gasteiger partial charge in [-0.15, -0.1) is 0 Å². The molecular formula is C20H22N2O3. The number of nitrogens with one attached hydrogen (secondary N) is 2. The fraction of sp³-hybridized carbons (Fsp3) is 0.300. The van der Waals surface area contributed by atoms with Gasteiger partial charge in [-0.2, -0.15) is 0 Å². The first-order chi connectivity index (χ1) is 12.1. The van der Waals surface area contributed by atoms with E-state index in [1.54, 1.807) is 24.3 Å². The summed E-state index contributed by atoms with van der Waals surface area (Å²) in [5, 5.41) is 15.7. The molecule has 1 atom stereocenters. The quantitative estimate of drug-likeness (QED) is 0.758. The lowest BCUT2D eigenvalue weighted by atomic mass is 9.85. The number of aliphatic hydroxyl groups excluding tert-OH is 1. The van der Waals surface area contributed by atoms with Gasteiger partial charge in [0.25, 0.3) is 5.91 Å². The van der Waals surface area contributed by atoms with Crippen molar-refractivity contribution in [3.63, 3.8) is 0 Å². The molecule has 2 aromatic carbocycles. The predicted molar refractivity (Wildman–Crippen MR) is 95.7 cm³/mol. The van der Waals surface area contributed by atoms with Crippen LogP contribution in [-0.2, 0) is 16.1 Å². The van der Waals surface area contributed by atoms with Crippen molar-refractivity contribution in [1.82, 2.24) is 5.32 Å². The molecule has 0 heterocycles. The molecule has 5 nitrogen and oxygen atoms in total. The standard InChI is InChI=1S/C20H22N2O3/c23-18(15-7-2-1-3-8-15)20(25)21-13-14-6-4-11-17(12-14)22-19(24)16-9-5-10-16/h1-4,6-8,11-12,16,18,23H,5,9-10,13H2,(H,21,25)(H,22,24). The van der Waals surface area contributed by atoms with Crippen LogP contribution in [0.15, 0.2) is 54.6 Å². The largest absolute Gasteiger partial charge is 0.378 e. The number of amides is 2. The van der Waals surface area contributed by atoms with Gasteiger partial charge < -0.3 is 15.7 Å². The average molecular weight is 338 g/mol. The minimum atomic E-state index is -1.19. The molecule has 0 aliphatic heterocycles. The number of aliphatic hydroxyl groups is 1. The van der Waals surface area contributed by atoms with Gasteiger partial charge in [-0.25, -0.2) is 0 Å². The molecule has 1 fully saturated rings. The topological polar surface area (TPSA) is 78.4 Å². The second-order valence-electron chi connectivity index (χ2n) is 6.35. The molecule has 0 saturated heterocycles. The van der Waals surface area contributed by atoms with E-state index < -0.39 is 12.0 Å². The van der Waals surface area contributed by atoms with Crippen molar-refractivity contribution in [1.29, 1.82) is 0 Å². The maximum Gasteiger partial charge on any atom is 0.253 e. The van der Waals surface area contributed by atoms with Crippen LogP contribution in [0.4, 0.5) is 5.69 Å². The zero-order chi connectivity index (χ0) is 17.6. The summed E-state index contributed by atoms with van der Waals surface area (Å²) in [6, 6.07) is 16.2. The highest BCUT2D eigenvalue weighted by molar-refractivity contribution is 5.93. The molecule has 25 heavy (non-hydrogen) atoms. The summed E-state index contributed by atoms with van der Waals surface area (Å²) in [5.74, 6) is -0.258. The van der Waals surface area contributed by atoms with Gasteiger partial charge in [0.15, 0.2) is 6.10 Å². The normalized spacial score (nSPS) is 15.1. The van der Waals surface area contributed by atoms with Crippen molar-refractivity contribution in [2.24, 2.45) is 5.92 Å². The molecule has 130 valence electrons. The van der Waals surface area contributed by atoms with E-state index in [1.165, 1.54) is 0 Å². The van der Waals surface area contributed by atoms with Gasteiger partial charge in [0.05, 0.1) is 0 Å². The molecule has 3 rings (SSSR count). The molecular weight excluding hydrogens is 316 g/mol. The second kappa shape index (κ2) is 7.94. The van der Waals surface area contributed by atoms with Gasteiger partial charge in [-0.05, 0) is 36.1 Å². The summed E-state index contributed by atoms with van der Waals surface area (Å²) in [7, 11) is 0. The van der Waals surface area contributed by atoms with Gasteiger partial charge in [-0.1, -0.05) is 48.9 Å². The molecule has 0 spiro atoms. The first kappa shape index (κ1) is 17.2. The molecule has 2 amide bonds. The Bertz CT molecular complexity index is 742. The average Bonchev–Trinajstić information content (AvgIpc) is 2.58. The molecule has 5 heteroatoms. The van der Waals surface area contributed by atoms with Crippen LogP contribution in [0.25, 0.3) is 0 Å². The molecule has 1 aliphatic rings. The lowest BCUT2D eigenvalue weighted by molar-refractivity contribution is -0.129. The van der Waals surface area contributed by atoms with E-state index in [9.17, 15) is 14.7 Å². The lowest BCUT2D eigenvalue weighted by Gasteiger charge is -2.24. The Balaban J connectivity index is 1.55. The van der Waals surface area contributed by atoms with Crippen LogP contribution in [0, 0.1) is 5.92 Å². The van der Waals surface area contributed by atoms with E-state index in [2.05, 4.69) is 10.6 Å². The molecule has 2 aromatic rings. The van der Waals surface area contributed by atoms with E-state index in [0.717, 1.165) is 30.5 Å². The zero-order valence-corrected chi connectivity index (χ0v) is 13.9. The number of rotatable bonds is 6. The van der Waals surface area contributed by atoms with Crippen molar-refractivity contribution >= 4 is 17.5 Å². The van der Waals surface area contributed by atoms with Gasteiger partial charge in [0.2, 0.25) is 5.91 Å². The zero-order valence-electron chi connectivity index (χ0n) is 13.9. The molecule has 0 bridgehead atoms. The first-order valence-electron chi connectivity index (χ1n) is 8.54. The molecule has 0 radical (unpaired) electrons. The molecule has 1 unspecified atom stereocenters. The predicted octanol–water partition coefficient (Wildman–Crippen LogP) is 2.78. The third-order valence-electron chi connectivity index (χ3n) is 4.50. The van der Waals surface area contributed by atoms with Crippen LogP contribution in [0.3, 0.4) is 0 Å². The number of carbonyl (C=O) groups is 2. The Kier molecular flexibility index (Phi) is 5.46. The van der Waals surface area contributed by atoms with Crippen LogP contribution in [-0.4, -0.2) is 16.9 Å². The van der Waals surface area contributed by atoms with Crippen LogP contribution in [0.1, 0.15) is 36.5 Å². The number of anilines is 1.